The van der Waals surface area contributed by atoms with Crippen molar-refractivity contribution in [3.63, 3.8) is 0 Å². The van der Waals surface area contributed by atoms with Crippen LogP contribution in [0.1, 0.15) is 33.2 Å². The van der Waals surface area contributed by atoms with Crippen molar-refractivity contribution in [1.82, 2.24) is 0 Å². The summed E-state index contributed by atoms with van der Waals surface area (Å²) >= 11 is 0. The summed E-state index contributed by atoms with van der Waals surface area (Å²) < 4.78 is 73.4. The van der Waals surface area contributed by atoms with Crippen molar-refractivity contribution in [2.45, 2.75) is 12.8 Å². The molecule has 0 atom stereocenters. The van der Waals surface area contributed by atoms with Gasteiger partial charge in [-0.3, -0.25) is 0 Å². The molecule has 50 heavy (non-hydrogen) atoms. The van der Waals surface area contributed by atoms with Gasteiger partial charge in [0.2, 0.25) is 0 Å². The van der Waals surface area contributed by atoms with Gasteiger partial charge in [0, 0.05) is 0 Å². The van der Waals surface area contributed by atoms with Crippen LogP contribution in [-0.4, -0.2) is 0 Å². The van der Waals surface area contributed by atoms with Crippen molar-refractivity contribution in [3.8, 4) is 11.1 Å². The van der Waals surface area contributed by atoms with Crippen LogP contribution < -0.4 is 0 Å². The van der Waals surface area contributed by atoms with Crippen LogP contribution in [0.4, 0.5) is 0 Å². The minimum Gasteiger partial charge on any atom is -0.0622 e. The number of hydrogen-bond acceptors (Lipinski definition) is 0. The molecule has 0 heteroatoms. The fraction of sp³-hybridized carbons (Fsp3) is 0.0400. The highest BCUT2D eigenvalue weighted by atomic mass is 14.2. The topological polar surface area (TPSA) is 0 Å². The van der Waals surface area contributed by atoms with Gasteiger partial charge >= 0.3 is 0 Å². The third kappa shape index (κ3) is 4.60. The van der Waals surface area contributed by atoms with Gasteiger partial charge in [-0.2, -0.15) is 0 Å². The average Bonchev–Trinajstić information content (AvgIpc) is 3.26. The summed E-state index contributed by atoms with van der Waals surface area (Å²) in [6.07, 6.45) is 0.328. The van der Waals surface area contributed by atoms with E-state index >= 15 is 0 Å². The zero-order valence-electron chi connectivity index (χ0n) is 35.1. The lowest BCUT2D eigenvalue weighted by Gasteiger charge is -2.19. The van der Waals surface area contributed by atoms with Gasteiger partial charge in [-0.25, -0.2) is 0 Å². The van der Waals surface area contributed by atoms with E-state index in [-0.39, 0.29) is 58.6 Å². The molecule has 0 aromatic heterocycles. The molecular weight excluding hydrogens is 601 g/mol. The number of benzene rings is 10. The summed E-state index contributed by atoms with van der Waals surface area (Å²) in [6.45, 7) is 0. The third-order valence-electron chi connectivity index (χ3n) is 10.2. The Hall–Kier alpha value is -6.24. The van der Waals surface area contributed by atoms with Crippen molar-refractivity contribution in [1.29, 1.82) is 0 Å². The second-order valence-corrected chi connectivity index (χ2v) is 13.0. The average molecular weight is 643 g/mol. The van der Waals surface area contributed by atoms with E-state index in [0.717, 1.165) is 65.3 Å². The molecule has 234 valence electrons. The normalized spacial score (nSPS) is 14.0. The smallest absolute Gasteiger partial charge is 0.0622 e. The molecule has 0 fully saturated rings. The summed E-state index contributed by atoms with van der Waals surface area (Å²) in [6, 6.07) is 42.5. The maximum absolute atomic E-state index is 9.46. The van der Waals surface area contributed by atoms with Crippen LogP contribution in [0, 0.1) is 0 Å². The first-order chi connectivity index (χ1) is 28.1. The molecule has 0 N–H and O–H groups in total. The lowest BCUT2D eigenvalue weighted by Crippen LogP contribution is -2.00. The Morgan fingerprint density at radius 3 is 1.52 bits per heavy atom. The molecule has 0 radical (unpaired) electrons. The highest BCUT2D eigenvalue weighted by molar-refractivity contribution is 6.21. The predicted octanol–water partition coefficient (Wildman–Crippen LogP) is 13.5. The van der Waals surface area contributed by atoms with Gasteiger partial charge < -0.3 is 0 Å². The van der Waals surface area contributed by atoms with Gasteiger partial charge in [0.25, 0.3) is 0 Å². The van der Waals surface area contributed by atoms with Gasteiger partial charge in [-0.15, -0.1) is 0 Å². The van der Waals surface area contributed by atoms with Crippen LogP contribution >= 0.6 is 0 Å². The minimum atomic E-state index is -0.391. The molecule has 10 aromatic carbocycles. The van der Waals surface area contributed by atoms with Gasteiger partial charge in [0.1, 0.15) is 0 Å². The molecule has 0 amide bonds. The minimum absolute atomic E-state index is 0.162. The monoisotopic (exact) mass is 642 g/mol. The highest BCUT2D eigenvalue weighted by Gasteiger charge is 2.18. The standard InChI is InChI=1S/C50H34/c1-2-14-33(15-3-1)40-29-28-35(38-17-6-8-20-42(38)40)31-48-43-21-9-11-23-45(43)49(46-24-12-10-22-44(46)48)32-37-30-36-27-26-34-16-4-5-19-41(34)50(36)47-25-13-7-18-39(37)47/h1-30H,31-32H2/i9D,10D,11D,12D,21D,22D,23D,24D. The first kappa shape index (κ1) is 21.7. The maximum atomic E-state index is 9.46. The van der Waals surface area contributed by atoms with Gasteiger partial charge in [0.05, 0.1) is 11.0 Å². The SMILES string of the molecule is [2H]c1c([2H])c([2H])c2c(Cc3cc4ccc5ccccc5c4c4ccccc34)c3c([2H])c([2H])c([2H])c([2H])c3c(Cc3ccc(-c4ccccc4)c4ccccc34)c2c1[2H]. The van der Waals surface area contributed by atoms with E-state index in [1.165, 1.54) is 0 Å². The first-order valence-electron chi connectivity index (χ1n) is 21.0. The molecule has 0 nitrogen and oxygen atoms in total. The number of hydrogen-bond donors (Lipinski definition) is 0. The van der Waals surface area contributed by atoms with E-state index in [0.29, 0.717) is 11.1 Å². The molecule has 0 spiro atoms. The van der Waals surface area contributed by atoms with Gasteiger partial charge in [-0.05, 0) is 111 Å². The fourth-order valence-electron chi connectivity index (χ4n) is 8.00. The number of fused-ring (bicyclic) bond motifs is 8. The van der Waals surface area contributed by atoms with Crippen LogP contribution in [0.3, 0.4) is 0 Å². The first-order valence-corrected chi connectivity index (χ1v) is 17.0. The van der Waals surface area contributed by atoms with Gasteiger partial charge in [0.15, 0.2) is 0 Å². The lowest BCUT2D eigenvalue weighted by atomic mass is 9.84. The van der Waals surface area contributed by atoms with Crippen LogP contribution in [-0.2, 0) is 12.8 Å². The van der Waals surface area contributed by atoms with E-state index in [2.05, 4.69) is 66.7 Å². The van der Waals surface area contributed by atoms with E-state index in [1.54, 1.807) is 0 Å². The van der Waals surface area contributed by atoms with Crippen molar-refractivity contribution >= 4 is 64.6 Å². The number of rotatable bonds is 5. The molecule has 0 saturated carbocycles. The summed E-state index contributed by atoms with van der Waals surface area (Å²) in [5.41, 5.74) is 4.75. The van der Waals surface area contributed by atoms with Gasteiger partial charge in [-0.1, -0.05) is 182 Å². The zero-order valence-corrected chi connectivity index (χ0v) is 27.1. The Bertz CT molecular complexity index is 3290. The van der Waals surface area contributed by atoms with Crippen molar-refractivity contribution < 1.29 is 11.0 Å². The van der Waals surface area contributed by atoms with Crippen LogP contribution in [0.5, 0.6) is 0 Å². The molecular formula is C50H34. The Balaban J connectivity index is 1.31. The molecule has 0 saturated heterocycles. The molecule has 0 heterocycles. The van der Waals surface area contributed by atoms with Crippen molar-refractivity contribution in [3.05, 3.63) is 204 Å². The molecule has 10 aromatic rings. The molecule has 0 unspecified atom stereocenters. The summed E-state index contributed by atoms with van der Waals surface area (Å²) in [7, 11) is 0. The highest BCUT2D eigenvalue weighted by Crippen LogP contribution is 2.40. The molecule has 10 rings (SSSR count). The summed E-state index contributed by atoms with van der Waals surface area (Å²) in [4.78, 5) is 0. The van der Waals surface area contributed by atoms with Crippen LogP contribution in [0.2, 0.25) is 0 Å². The third-order valence-corrected chi connectivity index (χ3v) is 10.2. The molecule has 0 aliphatic carbocycles. The van der Waals surface area contributed by atoms with E-state index in [4.69, 9.17) is 5.48 Å². The Morgan fingerprint density at radius 2 is 0.860 bits per heavy atom. The molecule has 0 aliphatic rings. The Kier molecular flexibility index (Phi) is 5.08. The molecule has 0 bridgehead atoms. The Morgan fingerprint density at radius 1 is 0.360 bits per heavy atom. The van der Waals surface area contributed by atoms with Crippen molar-refractivity contribution in [2.24, 2.45) is 0 Å². The zero-order chi connectivity index (χ0) is 40.0. The van der Waals surface area contributed by atoms with E-state index in [9.17, 15) is 5.48 Å². The Labute approximate surface area is 303 Å². The van der Waals surface area contributed by atoms with Crippen LogP contribution in [0.15, 0.2) is 182 Å². The predicted molar refractivity (Wildman–Crippen MR) is 215 cm³/mol. The quantitative estimate of drug-likeness (QED) is 0.129. The van der Waals surface area contributed by atoms with Crippen LogP contribution in [0.25, 0.3) is 75.8 Å². The van der Waals surface area contributed by atoms with E-state index < -0.39 is 24.2 Å². The maximum Gasteiger partial charge on any atom is 0.0629 e. The molecule has 0 aliphatic heterocycles. The summed E-state index contributed by atoms with van der Waals surface area (Å²) in [5.74, 6) is 0. The fourth-order valence-corrected chi connectivity index (χ4v) is 8.00. The second-order valence-electron chi connectivity index (χ2n) is 13.0. The van der Waals surface area contributed by atoms with Crippen molar-refractivity contribution in [2.75, 3.05) is 0 Å². The lowest BCUT2D eigenvalue weighted by molar-refractivity contribution is 1.23. The summed E-state index contributed by atoms with van der Waals surface area (Å²) in [5, 5.41) is 9.39. The van der Waals surface area contributed by atoms with E-state index in [1.807, 2.05) is 66.7 Å². The second kappa shape index (κ2) is 11.7. The largest absolute Gasteiger partial charge is 0.0629 e.